The van der Waals surface area contributed by atoms with Crippen LogP contribution in [0.3, 0.4) is 0 Å². The Morgan fingerprint density at radius 3 is 2.59 bits per heavy atom. The molecule has 0 spiro atoms. The fraction of sp³-hybridized carbons (Fsp3) is 0.273. The number of nitrogens with one attached hydrogen (secondary N) is 2. The molecule has 2 rings (SSSR count). The number of phenolic OH excluding ortho intramolecular Hbond substituents is 1. The van der Waals surface area contributed by atoms with Crippen molar-refractivity contribution < 1.29 is 19.8 Å². The lowest BCUT2D eigenvalue weighted by atomic mass is 10.0. The molecule has 6 heteroatoms. The van der Waals surface area contributed by atoms with Gasteiger partial charge in [-0.3, -0.25) is 4.79 Å². The Bertz CT molecular complexity index is 469. The number of hydrogen-bond acceptors (Lipinski definition) is 4. The quantitative estimate of drug-likeness (QED) is 0.564. The number of amides is 1. The molecule has 4 N–H and O–H groups in total. The lowest BCUT2D eigenvalue weighted by molar-refractivity contribution is -0.121. The number of aromatic carboxylic acids is 1. The summed E-state index contributed by atoms with van der Waals surface area (Å²) in [6, 6.07) is 3.82. The summed E-state index contributed by atoms with van der Waals surface area (Å²) in [5.74, 6) is -1.67. The first kappa shape index (κ1) is 11.4. The van der Waals surface area contributed by atoms with E-state index >= 15 is 0 Å². The fourth-order valence-corrected chi connectivity index (χ4v) is 1.53. The van der Waals surface area contributed by atoms with Crippen LogP contribution in [0.25, 0.3) is 0 Å². The molecule has 0 saturated carbocycles. The highest BCUT2D eigenvalue weighted by molar-refractivity contribution is 6.01. The van der Waals surface area contributed by atoms with Gasteiger partial charge in [0.1, 0.15) is 5.75 Å². The molecule has 1 saturated heterocycles. The van der Waals surface area contributed by atoms with Crippen molar-refractivity contribution in [3.8, 4) is 5.75 Å². The highest BCUT2D eigenvalue weighted by Gasteiger charge is 2.25. The molecule has 1 amide bonds. The normalized spacial score (nSPS) is 15.1. The van der Waals surface area contributed by atoms with Crippen molar-refractivity contribution in [1.29, 1.82) is 0 Å². The molecule has 1 aliphatic heterocycles. The lowest BCUT2D eigenvalue weighted by Crippen LogP contribution is -2.48. The predicted octanol–water partition coefficient (Wildman–Crippen LogP) is 0.248. The summed E-state index contributed by atoms with van der Waals surface area (Å²) in [6.45, 7) is 1.21. The Morgan fingerprint density at radius 1 is 1.35 bits per heavy atom. The van der Waals surface area contributed by atoms with Crippen LogP contribution < -0.4 is 10.6 Å². The zero-order valence-electron chi connectivity index (χ0n) is 8.93. The first-order valence-corrected chi connectivity index (χ1v) is 5.16. The van der Waals surface area contributed by atoms with E-state index in [9.17, 15) is 14.7 Å². The van der Waals surface area contributed by atoms with Gasteiger partial charge in [-0.1, -0.05) is 0 Å². The molecule has 0 unspecified atom stereocenters. The molecule has 6 nitrogen and oxygen atoms in total. The van der Waals surface area contributed by atoms with Crippen molar-refractivity contribution in [2.75, 3.05) is 18.4 Å². The summed E-state index contributed by atoms with van der Waals surface area (Å²) in [5, 5.41) is 23.6. The maximum atomic E-state index is 11.6. The standard InChI is InChI=1S/C11H12N2O4/c14-7-1-2-9(8(3-7)11(16)17)13-10(15)6-4-12-5-6/h1-3,6,12,14H,4-5H2,(H,13,15)(H,16,17). The second-order valence-electron chi connectivity index (χ2n) is 3.88. The van der Waals surface area contributed by atoms with Crippen LogP contribution in [0.1, 0.15) is 10.4 Å². The van der Waals surface area contributed by atoms with Crippen molar-refractivity contribution in [3.05, 3.63) is 23.8 Å². The Balaban J connectivity index is 2.19. The minimum atomic E-state index is -1.19. The SMILES string of the molecule is O=C(O)c1cc(O)ccc1NC(=O)C1CNC1. The number of aromatic hydroxyl groups is 1. The van der Waals surface area contributed by atoms with Crippen LogP contribution in [0.4, 0.5) is 5.69 Å². The fourth-order valence-electron chi connectivity index (χ4n) is 1.53. The van der Waals surface area contributed by atoms with E-state index < -0.39 is 5.97 Å². The van der Waals surface area contributed by atoms with Crippen LogP contribution in [0, 0.1) is 5.92 Å². The first-order chi connectivity index (χ1) is 8.08. The summed E-state index contributed by atoms with van der Waals surface area (Å²) in [7, 11) is 0. The first-order valence-electron chi connectivity index (χ1n) is 5.16. The Morgan fingerprint density at radius 2 is 2.06 bits per heavy atom. The van der Waals surface area contributed by atoms with E-state index in [0.29, 0.717) is 13.1 Å². The summed E-state index contributed by atoms with van der Waals surface area (Å²) >= 11 is 0. The smallest absolute Gasteiger partial charge is 0.337 e. The van der Waals surface area contributed by atoms with Gasteiger partial charge in [0, 0.05) is 13.1 Å². The van der Waals surface area contributed by atoms with E-state index in [4.69, 9.17) is 5.11 Å². The molecule has 1 aliphatic rings. The van der Waals surface area contributed by atoms with Crippen LogP contribution >= 0.6 is 0 Å². The highest BCUT2D eigenvalue weighted by atomic mass is 16.4. The van der Waals surface area contributed by atoms with Gasteiger partial charge < -0.3 is 20.8 Å². The molecule has 0 radical (unpaired) electrons. The summed E-state index contributed by atoms with van der Waals surface area (Å²) < 4.78 is 0. The highest BCUT2D eigenvalue weighted by Crippen LogP contribution is 2.22. The summed E-state index contributed by atoms with van der Waals surface area (Å²) in [5.41, 5.74) is 0.0813. The van der Waals surface area contributed by atoms with Crippen LogP contribution in [0.15, 0.2) is 18.2 Å². The van der Waals surface area contributed by atoms with Crippen molar-refractivity contribution in [2.45, 2.75) is 0 Å². The van der Waals surface area contributed by atoms with Gasteiger partial charge in [-0.2, -0.15) is 0 Å². The molecule has 1 aromatic rings. The van der Waals surface area contributed by atoms with Crippen LogP contribution in [0.2, 0.25) is 0 Å². The largest absolute Gasteiger partial charge is 0.508 e. The van der Waals surface area contributed by atoms with Crippen LogP contribution in [0.5, 0.6) is 5.75 Å². The zero-order valence-corrected chi connectivity index (χ0v) is 8.93. The van der Waals surface area contributed by atoms with E-state index in [1.165, 1.54) is 12.1 Å². The number of carbonyl (C=O) groups is 2. The molecule has 90 valence electrons. The molecular formula is C11H12N2O4. The number of carboxylic acid groups (broad SMARTS) is 1. The minimum absolute atomic E-state index is 0.120. The molecule has 1 heterocycles. The maximum absolute atomic E-state index is 11.6. The molecular weight excluding hydrogens is 224 g/mol. The molecule has 0 aromatic heterocycles. The number of phenols is 1. The second-order valence-corrected chi connectivity index (χ2v) is 3.88. The van der Waals surface area contributed by atoms with Gasteiger partial charge in [0.15, 0.2) is 0 Å². The van der Waals surface area contributed by atoms with Gasteiger partial charge in [-0.05, 0) is 18.2 Å². The number of benzene rings is 1. The molecule has 0 atom stereocenters. The molecule has 0 aliphatic carbocycles. The molecule has 1 fully saturated rings. The molecule has 1 aromatic carbocycles. The molecule has 17 heavy (non-hydrogen) atoms. The van der Waals surface area contributed by atoms with E-state index in [1.54, 1.807) is 0 Å². The summed E-state index contributed by atoms with van der Waals surface area (Å²) in [4.78, 5) is 22.6. The average molecular weight is 236 g/mol. The van der Waals surface area contributed by atoms with E-state index in [2.05, 4.69) is 10.6 Å². The number of carbonyl (C=O) groups excluding carboxylic acids is 1. The average Bonchev–Trinajstić information content (AvgIpc) is 2.17. The predicted molar refractivity (Wildman–Crippen MR) is 60.1 cm³/mol. The molecule has 0 bridgehead atoms. The van der Waals surface area contributed by atoms with Gasteiger partial charge in [0.05, 0.1) is 17.2 Å². The zero-order chi connectivity index (χ0) is 12.4. The number of rotatable bonds is 3. The minimum Gasteiger partial charge on any atom is -0.508 e. The van der Waals surface area contributed by atoms with Gasteiger partial charge in [-0.25, -0.2) is 4.79 Å². The lowest BCUT2D eigenvalue weighted by Gasteiger charge is -2.26. The van der Waals surface area contributed by atoms with E-state index in [0.717, 1.165) is 6.07 Å². The Kier molecular flexibility index (Phi) is 2.97. The Hall–Kier alpha value is -2.08. The third-order valence-corrected chi connectivity index (χ3v) is 2.64. The van der Waals surface area contributed by atoms with E-state index in [-0.39, 0.29) is 28.8 Å². The van der Waals surface area contributed by atoms with Crippen molar-refractivity contribution in [1.82, 2.24) is 5.32 Å². The van der Waals surface area contributed by atoms with Gasteiger partial charge in [-0.15, -0.1) is 0 Å². The monoisotopic (exact) mass is 236 g/mol. The van der Waals surface area contributed by atoms with Crippen LogP contribution in [-0.4, -0.2) is 35.2 Å². The van der Waals surface area contributed by atoms with Crippen molar-refractivity contribution >= 4 is 17.6 Å². The Labute approximate surface area is 97.3 Å². The second kappa shape index (κ2) is 4.42. The third-order valence-electron chi connectivity index (χ3n) is 2.64. The maximum Gasteiger partial charge on any atom is 0.337 e. The topological polar surface area (TPSA) is 98.7 Å². The number of anilines is 1. The van der Waals surface area contributed by atoms with Gasteiger partial charge in [0.25, 0.3) is 0 Å². The van der Waals surface area contributed by atoms with Crippen molar-refractivity contribution in [2.24, 2.45) is 5.92 Å². The number of hydrogen-bond donors (Lipinski definition) is 4. The number of carboxylic acids is 1. The van der Waals surface area contributed by atoms with Gasteiger partial charge in [0.2, 0.25) is 5.91 Å². The van der Waals surface area contributed by atoms with Crippen LogP contribution in [-0.2, 0) is 4.79 Å². The van der Waals surface area contributed by atoms with E-state index in [1.807, 2.05) is 0 Å². The summed E-state index contributed by atoms with van der Waals surface area (Å²) in [6.07, 6.45) is 0. The third kappa shape index (κ3) is 2.36. The van der Waals surface area contributed by atoms with Crippen molar-refractivity contribution in [3.63, 3.8) is 0 Å². The van der Waals surface area contributed by atoms with Gasteiger partial charge >= 0.3 is 5.97 Å².